The molecule has 0 aromatic heterocycles. The van der Waals surface area contributed by atoms with Gasteiger partial charge in [-0.3, -0.25) is 4.79 Å². The van der Waals surface area contributed by atoms with E-state index in [2.05, 4.69) is 31.3 Å². The van der Waals surface area contributed by atoms with Crippen LogP contribution in [0.1, 0.15) is 303 Å². The molecule has 0 saturated carbocycles. The van der Waals surface area contributed by atoms with Gasteiger partial charge in [0.2, 0.25) is 5.91 Å². The molecule has 1 aliphatic heterocycles. The molecule has 1 aliphatic rings. The van der Waals surface area contributed by atoms with Crippen LogP contribution in [0.15, 0.2) is 24.3 Å². The van der Waals surface area contributed by atoms with Gasteiger partial charge in [0.05, 0.1) is 25.4 Å². The number of rotatable bonds is 53. The Bertz CT molecular complexity index is 1150. The summed E-state index contributed by atoms with van der Waals surface area (Å²) in [5.41, 5.74) is 0. The first kappa shape index (κ1) is 66.7. The number of hydrogen-bond donors (Lipinski definition) is 6. The minimum absolute atomic E-state index is 0.180. The van der Waals surface area contributed by atoms with Gasteiger partial charge in [-0.2, -0.15) is 0 Å². The molecule has 1 amide bonds. The van der Waals surface area contributed by atoms with Gasteiger partial charge < -0.3 is 40.3 Å². The molecule has 7 unspecified atom stereocenters. The second-order valence-electron chi connectivity index (χ2n) is 21.5. The van der Waals surface area contributed by atoms with Crippen LogP contribution in [-0.2, 0) is 14.3 Å². The van der Waals surface area contributed by atoms with Crippen LogP contribution >= 0.6 is 0 Å². The van der Waals surface area contributed by atoms with Crippen molar-refractivity contribution in [2.24, 2.45) is 0 Å². The number of allylic oxidation sites excluding steroid dienone is 3. The molecule has 0 aromatic rings. The molecule has 1 fully saturated rings. The van der Waals surface area contributed by atoms with Crippen molar-refractivity contribution in [3.8, 4) is 0 Å². The van der Waals surface area contributed by atoms with E-state index in [4.69, 9.17) is 9.47 Å². The number of ether oxygens (including phenoxy) is 2. The second kappa shape index (κ2) is 51.2. The summed E-state index contributed by atoms with van der Waals surface area (Å²) in [6.07, 6.45) is 58.3. The number of carbonyl (C=O) groups is 1. The van der Waals surface area contributed by atoms with E-state index in [1.165, 1.54) is 244 Å². The molecule has 7 atom stereocenters. The Morgan fingerprint density at radius 2 is 0.814 bits per heavy atom. The van der Waals surface area contributed by atoms with Gasteiger partial charge >= 0.3 is 0 Å². The molecule has 1 saturated heterocycles. The van der Waals surface area contributed by atoms with Gasteiger partial charge in [0.25, 0.3) is 0 Å². The summed E-state index contributed by atoms with van der Waals surface area (Å²) in [6, 6.07) is -0.819. The summed E-state index contributed by atoms with van der Waals surface area (Å²) in [7, 11) is 0. The molecule has 0 aliphatic carbocycles. The lowest BCUT2D eigenvalue weighted by Gasteiger charge is -2.40. The average molecular weight is 993 g/mol. The molecular weight excluding hydrogens is 875 g/mol. The van der Waals surface area contributed by atoms with Crippen LogP contribution in [0.4, 0.5) is 0 Å². The highest BCUT2D eigenvalue weighted by Crippen LogP contribution is 2.23. The normalized spacial score (nSPS) is 19.4. The third kappa shape index (κ3) is 40.1. The van der Waals surface area contributed by atoms with Gasteiger partial charge in [-0.15, -0.1) is 0 Å². The van der Waals surface area contributed by atoms with Gasteiger partial charge in [-0.1, -0.05) is 289 Å². The lowest BCUT2D eigenvalue weighted by molar-refractivity contribution is -0.302. The van der Waals surface area contributed by atoms with E-state index in [0.29, 0.717) is 6.42 Å². The van der Waals surface area contributed by atoms with E-state index >= 15 is 0 Å². The summed E-state index contributed by atoms with van der Waals surface area (Å²) in [6.45, 7) is 3.81. The van der Waals surface area contributed by atoms with Crippen molar-refractivity contribution in [1.82, 2.24) is 5.32 Å². The molecule has 0 aromatic carbocycles. The molecule has 9 nitrogen and oxygen atoms in total. The fourth-order valence-corrected chi connectivity index (χ4v) is 9.94. The van der Waals surface area contributed by atoms with Crippen molar-refractivity contribution in [2.45, 2.75) is 346 Å². The predicted octanol–water partition coefficient (Wildman–Crippen LogP) is 15.4. The molecule has 1 heterocycles. The second-order valence-corrected chi connectivity index (χ2v) is 21.5. The van der Waals surface area contributed by atoms with Crippen LogP contribution in [0.2, 0.25) is 0 Å². The highest BCUT2D eigenvalue weighted by Gasteiger charge is 2.44. The molecule has 0 spiro atoms. The first-order valence-electron chi connectivity index (χ1n) is 30.6. The van der Waals surface area contributed by atoms with Crippen molar-refractivity contribution in [3.05, 3.63) is 24.3 Å². The highest BCUT2D eigenvalue weighted by atomic mass is 16.7. The largest absolute Gasteiger partial charge is 0.394 e. The predicted molar refractivity (Wildman–Crippen MR) is 295 cm³/mol. The number of unbranched alkanes of at least 4 members (excludes halogenated alkanes) is 41. The summed E-state index contributed by atoms with van der Waals surface area (Å²) in [4.78, 5) is 13.1. The smallest absolute Gasteiger partial charge is 0.220 e. The Kier molecular flexibility index (Phi) is 48.7. The zero-order valence-electron chi connectivity index (χ0n) is 46.0. The zero-order chi connectivity index (χ0) is 50.8. The Balaban J connectivity index is 2.21. The number of amides is 1. The molecule has 1 rings (SSSR count). The Hall–Kier alpha value is -1.33. The number of aliphatic hydroxyl groups is 5. The Morgan fingerprint density at radius 3 is 1.20 bits per heavy atom. The first-order valence-corrected chi connectivity index (χ1v) is 30.6. The maximum absolute atomic E-state index is 13.1. The number of hydrogen-bond acceptors (Lipinski definition) is 8. The molecular formula is C61H117NO8. The van der Waals surface area contributed by atoms with Crippen LogP contribution in [0.3, 0.4) is 0 Å². The molecule has 0 bridgehead atoms. The van der Waals surface area contributed by atoms with Gasteiger partial charge in [0.1, 0.15) is 24.4 Å². The Labute approximate surface area is 432 Å². The Morgan fingerprint density at radius 1 is 0.471 bits per heavy atom. The van der Waals surface area contributed by atoms with Gasteiger partial charge in [-0.25, -0.2) is 0 Å². The first-order chi connectivity index (χ1) is 34.3. The maximum atomic E-state index is 13.1. The van der Waals surface area contributed by atoms with Gasteiger partial charge in [0, 0.05) is 6.42 Å². The summed E-state index contributed by atoms with van der Waals surface area (Å²) in [5, 5.41) is 54.6. The van der Waals surface area contributed by atoms with E-state index in [9.17, 15) is 30.3 Å². The third-order valence-electron chi connectivity index (χ3n) is 14.8. The molecule has 70 heavy (non-hydrogen) atoms. The van der Waals surface area contributed by atoms with Gasteiger partial charge in [-0.05, 0) is 32.1 Å². The maximum Gasteiger partial charge on any atom is 0.220 e. The lowest BCUT2D eigenvalue weighted by atomic mass is 9.99. The summed E-state index contributed by atoms with van der Waals surface area (Å²) < 4.78 is 11.3. The van der Waals surface area contributed by atoms with E-state index in [0.717, 1.165) is 38.5 Å². The fourth-order valence-electron chi connectivity index (χ4n) is 9.94. The van der Waals surface area contributed by atoms with Crippen molar-refractivity contribution < 1.29 is 39.8 Å². The van der Waals surface area contributed by atoms with Crippen molar-refractivity contribution in [3.63, 3.8) is 0 Å². The van der Waals surface area contributed by atoms with Crippen molar-refractivity contribution in [2.75, 3.05) is 13.2 Å². The van der Waals surface area contributed by atoms with Crippen LogP contribution in [-0.4, -0.2) is 87.5 Å². The molecule has 414 valence electrons. The minimum Gasteiger partial charge on any atom is -0.394 e. The minimum atomic E-state index is -1.57. The van der Waals surface area contributed by atoms with E-state index in [1.807, 2.05) is 6.08 Å². The molecule has 0 radical (unpaired) electrons. The number of nitrogens with one attached hydrogen (secondary N) is 1. The summed E-state index contributed by atoms with van der Waals surface area (Å²) in [5.74, 6) is -0.180. The van der Waals surface area contributed by atoms with Crippen LogP contribution in [0.25, 0.3) is 0 Å². The van der Waals surface area contributed by atoms with Crippen molar-refractivity contribution >= 4 is 5.91 Å². The average Bonchev–Trinajstić information content (AvgIpc) is 3.36. The topological polar surface area (TPSA) is 149 Å². The quantitative estimate of drug-likeness (QED) is 0.0261. The molecule has 6 N–H and O–H groups in total. The van der Waals surface area contributed by atoms with Crippen LogP contribution < -0.4 is 5.32 Å². The number of aliphatic hydroxyl groups excluding tert-OH is 5. The highest BCUT2D eigenvalue weighted by molar-refractivity contribution is 5.76. The fraction of sp³-hybridized carbons (Fsp3) is 0.918. The van der Waals surface area contributed by atoms with Crippen molar-refractivity contribution in [1.29, 1.82) is 0 Å². The van der Waals surface area contributed by atoms with Crippen LogP contribution in [0, 0.1) is 0 Å². The van der Waals surface area contributed by atoms with E-state index in [-0.39, 0.29) is 12.5 Å². The molecule has 9 heteroatoms. The zero-order valence-corrected chi connectivity index (χ0v) is 46.0. The SMILES string of the molecule is CCCCCCCCCCCCCCCCCCCCCC/C=C/CC/C=C/C(O)C(COC1OC(CO)C(O)C(O)C1O)NC(=O)CCCCCCCCCCCCCCCCCCCCCCC. The van der Waals surface area contributed by atoms with E-state index in [1.54, 1.807) is 6.08 Å². The monoisotopic (exact) mass is 992 g/mol. The lowest BCUT2D eigenvalue weighted by Crippen LogP contribution is -2.60. The van der Waals surface area contributed by atoms with E-state index < -0.39 is 49.5 Å². The van der Waals surface area contributed by atoms with Gasteiger partial charge in [0.15, 0.2) is 6.29 Å². The van der Waals surface area contributed by atoms with Crippen LogP contribution in [0.5, 0.6) is 0 Å². The summed E-state index contributed by atoms with van der Waals surface area (Å²) >= 11 is 0. The standard InChI is InChI=1S/C61H117NO8/c1-3-5-7-9-11-13-15-17-19-21-23-25-26-27-28-29-31-32-34-36-38-40-42-44-46-48-50-55(64)54(53-69-61-60(68)59(67)58(66)56(52-63)70-61)62-57(65)51-49-47-45-43-41-39-37-35-33-30-24-22-20-18-16-14-12-10-8-6-4-2/h40,42,48,50,54-56,58-61,63-64,66-68H,3-39,41,43-47,49,51-53H2,1-2H3,(H,62,65)/b42-40+,50-48+. The number of carbonyl (C=O) groups excluding carboxylic acids is 1. The third-order valence-corrected chi connectivity index (χ3v) is 14.8.